The second-order valence-electron chi connectivity index (χ2n) is 9.96. The van der Waals surface area contributed by atoms with Crippen LogP contribution in [0, 0.1) is 0 Å². The summed E-state index contributed by atoms with van der Waals surface area (Å²) in [6.07, 6.45) is 0. The molecule has 0 N–H and O–H groups in total. The van der Waals surface area contributed by atoms with E-state index in [1.54, 1.807) is 9.08 Å². The second kappa shape index (κ2) is 7.37. The van der Waals surface area contributed by atoms with Gasteiger partial charge < -0.3 is 0 Å². The number of rotatable bonds is 6. The maximum absolute atomic E-state index is 6.27. The Labute approximate surface area is 141 Å². The van der Waals surface area contributed by atoms with Gasteiger partial charge in [0.15, 0.2) is 0 Å². The van der Waals surface area contributed by atoms with Gasteiger partial charge in [-0.05, 0) is 9.08 Å². The molecule has 0 aliphatic rings. The van der Waals surface area contributed by atoms with Crippen LogP contribution in [0.1, 0.15) is 0 Å². The summed E-state index contributed by atoms with van der Waals surface area (Å²) in [5.41, 5.74) is 0. The highest BCUT2D eigenvalue weighted by Crippen LogP contribution is 2.29. The minimum Gasteiger partial charge on any atom is -0.273 e. The van der Waals surface area contributed by atoms with Gasteiger partial charge in [0, 0.05) is 0 Å². The number of hydrogen-bond acceptors (Lipinski definition) is 1. The van der Waals surface area contributed by atoms with E-state index in [-0.39, 0.29) is 0 Å². The third-order valence-electron chi connectivity index (χ3n) is 3.11. The van der Waals surface area contributed by atoms with Crippen LogP contribution in [0.15, 0.2) is 0 Å². The average Bonchev–Trinajstić information content (AvgIpc) is 2.07. The lowest BCUT2D eigenvalue weighted by atomic mass is 11.7. The Bertz CT molecular complexity index is 346. The van der Waals surface area contributed by atoms with E-state index in [0.29, 0.717) is 0 Å². The summed E-state index contributed by atoms with van der Waals surface area (Å²) in [7, 11) is -2.57. The van der Waals surface area contributed by atoms with Crippen molar-refractivity contribution in [1.29, 1.82) is 0 Å². The highest BCUT2D eigenvalue weighted by atomic mass is 31.1. The highest BCUT2D eigenvalue weighted by molar-refractivity contribution is 7.67. The Morgan fingerprint density at radius 2 is 0.667 bits per heavy atom. The van der Waals surface area contributed by atoms with Crippen LogP contribution in [0.3, 0.4) is 0 Å². The predicted octanol–water partition coefficient (Wildman–Crippen LogP) is 6.58. The Morgan fingerprint density at radius 1 is 0.476 bits per heavy atom. The van der Waals surface area contributed by atoms with Gasteiger partial charge in [-0.3, -0.25) is 4.31 Å². The van der Waals surface area contributed by atoms with Crippen molar-refractivity contribution in [2.75, 3.05) is 0 Å². The smallest absolute Gasteiger partial charge is 0.0760 e. The summed E-state index contributed by atoms with van der Waals surface area (Å²) in [5, 5.41) is 0. The predicted molar refractivity (Wildman–Crippen MR) is 118 cm³/mol. The van der Waals surface area contributed by atoms with Crippen molar-refractivity contribution in [3.8, 4) is 0 Å². The summed E-state index contributed by atoms with van der Waals surface area (Å²) < 4.78 is 9.79. The molecule has 0 aromatic rings. The van der Waals surface area contributed by atoms with Gasteiger partial charge in [0.05, 0.1) is 49.2 Å². The summed E-state index contributed by atoms with van der Waals surface area (Å²) >= 11 is 0. The molecule has 0 bridgehead atoms. The van der Waals surface area contributed by atoms with Crippen molar-refractivity contribution >= 4 is 58.2 Å². The molecular weight excluding hydrogens is 358 g/mol. The van der Waals surface area contributed by atoms with Crippen LogP contribution in [0.2, 0.25) is 78.6 Å². The van der Waals surface area contributed by atoms with Gasteiger partial charge in [0.25, 0.3) is 0 Å². The van der Waals surface area contributed by atoms with Gasteiger partial charge >= 0.3 is 0 Å². The van der Waals surface area contributed by atoms with Crippen LogP contribution >= 0.6 is 16.9 Å². The van der Waals surface area contributed by atoms with Crippen molar-refractivity contribution in [2.24, 2.45) is 0 Å². The first kappa shape index (κ1) is 22.2. The van der Waals surface area contributed by atoms with Crippen molar-refractivity contribution < 1.29 is 4.31 Å². The van der Waals surface area contributed by atoms with E-state index in [0.717, 1.165) is 0 Å². The first-order chi connectivity index (χ1) is 8.97. The fraction of sp³-hybridized carbons (Fsp3) is 0.857. The van der Waals surface area contributed by atoms with Crippen LogP contribution in [-0.4, -0.2) is 41.4 Å². The molecular formula is C14H36OP2Si4. The largest absolute Gasteiger partial charge is 0.273 e. The van der Waals surface area contributed by atoms with E-state index in [4.69, 9.17) is 4.31 Å². The normalized spacial score (nSPS) is 14.7. The standard InChI is InChI=1S/C14H36OP2Si4/c1-18(2,3)13(19(4,5)6)16-15-17-14(20(7,8)9)21(10,11)12/h1-12H3. The molecule has 0 aromatic carbocycles. The van der Waals surface area contributed by atoms with Gasteiger partial charge in [-0.15, -0.1) is 0 Å². The van der Waals surface area contributed by atoms with Crippen molar-refractivity contribution in [1.82, 2.24) is 0 Å². The first-order valence-electron chi connectivity index (χ1n) is 7.81. The minimum absolute atomic E-state index is 1.19. The molecule has 1 nitrogen and oxygen atoms in total. The molecule has 0 aliphatic heterocycles. The Morgan fingerprint density at radius 3 is 0.810 bits per heavy atom. The maximum Gasteiger partial charge on any atom is 0.0760 e. The van der Waals surface area contributed by atoms with E-state index in [1.807, 2.05) is 0 Å². The molecule has 0 amide bonds. The lowest BCUT2D eigenvalue weighted by molar-refractivity contribution is 0.754. The Hall–Kier alpha value is 1.17. The van der Waals surface area contributed by atoms with Crippen molar-refractivity contribution in [2.45, 2.75) is 78.6 Å². The maximum atomic E-state index is 6.27. The average molecular weight is 395 g/mol. The molecule has 0 saturated heterocycles. The quantitative estimate of drug-likeness (QED) is 0.365. The first-order valence-corrected chi connectivity index (χ1v) is 23.4. The van der Waals surface area contributed by atoms with Crippen LogP contribution in [0.4, 0.5) is 0 Å². The van der Waals surface area contributed by atoms with Crippen LogP contribution in [0.5, 0.6) is 0 Å². The van der Waals surface area contributed by atoms with Crippen LogP contribution < -0.4 is 0 Å². The molecule has 0 unspecified atom stereocenters. The van der Waals surface area contributed by atoms with Gasteiger partial charge in [-0.2, -0.15) is 0 Å². The Balaban J connectivity index is 5.54. The third kappa shape index (κ3) is 8.01. The zero-order valence-corrected chi connectivity index (χ0v) is 22.1. The molecule has 0 rings (SSSR count). The summed E-state index contributed by atoms with van der Waals surface area (Å²) in [6, 6.07) is 0. The summed E-state index contributed by atoms with van der Waals surface area (Å²) in [4.78, 5) is 0. The molecule has 124 valence electrons. The lowest BCUT2D eigenvalue weighted by Gasteiger charge is -2.31. The van der Waals surface area contributed by atoms with Crippen molar-refractivity contribution in [3.05, 3.63) is 0 Å². The van der Waals surface area contributed by atoms with E-state index in [9.17, 15) is 0 Å². The number of hydrogen-bond donors (Lipinski definition) is 0. The monoisotopic (exact) mass is 394 g/mol. The third-order valence-corrected chi connectivity index (χ3v) is 28.0. The van der Waals surface area contributed by atoms with Gasteiger partial charge in [-0.25, -0.2) is 0 Å². The van der Waals surface area contributed by atoms with E-state index >= 15 is 0 Å². The fourth-order valence-corrected chi connectivity index (χ4v) is 27.6. The molecule has 0 fully saturated rings. The molecule has 0 saturated carbocycles. The van der Waals surface area contributed by atoms with E-state index < -0.39 is 32.3 Å². The zero-order chi connectivity index (χ0) is 17.3. The summed E-state index contributed by atoms with van der Waals surface area (Å²) in [5.74, 6) is 0. The summed E-state index contributed by atoms with van der Waals surface area (Å²) in [6.45, 7) is 29.6. The zero-order valence-electron chi connectivity index (χ0n) is 16.3. The molecule has 0 aliphatic carbocycles. The molecule has 21 heavy (non-hydrogen) atoms. The molecule has 7 heteroatoms. The molecule has 0 heterocycles. The second-order valence-corrected chi connectivity index (χ2v) is 34.6. The topological polar surface area (TPSA) is 9.23 Å². The van der Waals surface area contributed by atoms with E-state index in [2.05, 4.69) is 78.6 Å². The highest BCUT2D eigenvalue weighted by Gasteiger charge is 2.33. The molecule has 0 spiro atoms. The Kier molecular flexibility index (Phi) is 7.78. The van der Waals surface area contributed by atoms with Gasteiger partial charge in [-0.1, -0.05) is 78.6 Å². The molecule has 0 atom stereocenters. The SMILES string of the molecule is C[Si](C)(C)C(=POP=C([Si](C)(C)C)[Si](C)(C)C)[Si](C)(C)C. The van der Waals surface area contributed by atoms with Crippen LogP contribution in [0.25, 0.3) is 0 Å². The molecule has 0 radical (unpaired) electrons. The lowest BCUT2D eigenvalue weighted by Crippen LogP contribution is -2.48. The van der Waals surface area contributed by atoms with Crippen molar-refractivity contribution in [3.63, 3.8) is 0 Å². The minimum atomic E-state index is -1.24. The van der Waals surface area contributed by atoms with Crippen LogP contribution in [-0.2, 0) is 4.31 Å². The fourth-order valence-electron chi connectivity index (χ4n) is 2.90. The molecule has 0 aromatic heterocycles. The van der Waals surface area contributed by atoms with Gasteiger partial charge in [0.1, 0.15) is 0 Å². The van der Waals surface area contributed by atoms with Gasteiger partial charge in [0.2, 0.25) is 0 Å². The van der Waals surface area contributed by atoms with E-state index in [1.165, 1.54) is 16.9 Å².